The van der Waals surface area contributed by atoms with Gasteiger partial charge in [0.25, 0.3) is 0 Å². The maximum Gasteiger partial charge on any atom is 0.417 e. The number of aryl methyl sites for hydroxylation is 1. The van der Waals surface area contributed by atoms with Gasteiger partial charge in [-0.3, -0.25) is 0 Å². The molecule has 0 spiro atoms. The Morgan fingerprint density at radius 3 is 2.43 bits per heavy atom. The van der Waals surface area contributed by atoms with Gasteiger partial charge in [-0.05, 0) is 31.2 Å². The van der Waals surface area contributed by atoms with Gasteiger partial charge in [-0.15, -0.1) is 0 Å². The Morgan fingerprint density at radius 1 is 1.00 bits per heavy atom. The van der Waals surface area contributed by atoms with Crippen LogP contribution < -0.4 is 5.63 Å². The molecule has 0 atom stereocenters. The van der Waals surface area contributed by atoms with Gasteiger partial charge in [0.2, 0.25) is 0 Å². The van der Waals surface area contributed by atoms with Crippen LogP contribution in [0, 0.1) is 6.92 Å². The lowest BCUT2D eigenvalue weighted by molar-refractivity contribution is -0.137. The number of fused-ring (bicyclic) bond motifs is 1. The molecule has 6 heteroatoms. The van der Waals surface area contributed by atoms with Crippen molar-refractivity contribution in [1.82, 2.24) is 0 Å². The van der Waals surface area contributed by atoms with Crippen molar-refractivity contribution in [2.24, 2.45) is 0 Å². The number of rotatable bonds is 1. The molecule has 2 aromatic carbocycles. The minimum absolute atomic E-state index is 0.0975. The van der Waals surface area contributed by atoms with Gasteiger partial charge in [0, 0.05) is 17.0 Å². The van der Waals surface area contributed by atoms with Crippen LogP contribution >= 0.6 is 0 Å². The zero-order valence-electron chi connectivity index (χ0n) is 11.9. The van der Waals surface area contributed by atoms with Gasteiger partial charge in [-0.1, -0.05) is 17.7 Å². The van der Waals surface area contributed by atoms with Gasteiger partial charge >= 0.3 is 11.8 Å². The van der Waals surface area contributed by atoms with Crippen molar-refractivity contribution >= 4 is 11.0 Å². The second-order valence-corrected chi connectivity index (χ2v) is 5.22. The summed E-state index contributed by atoms with van der Waals surface area (Å²) in [6.45, 7) is 1.55. The third-order valence-corrected chi connectivity index (χ3v) is 3.49. The Balaban J connectivity index is 2.31. The van der Waals surface area contributed by atoms with Crippen LogP contribution in [0.2, 0.25) is 0 Å². The average Bonchev–Trinajstić information content (AvgIpc) is 2.46. The molecule has 1 heterocycles. The number of benzene rings is 2. The molecular weight excluding hydrogens is 309 g/mol. The predicted molar refractivity (Wildman–Crippen MR) is 79.3 cm³/mol. The van der Waals surface area contributed by atoms with Crippen LogP contribution in [0.1, 0.15) is 11.1 Å². The summed E-state index contributed by atoms with van der Waals surface area (Å²) in [4.78, 5) is 12.1. The molecule has 0 aliphatic rings. The molecule has 0 fully saturated rings. The molecule has 0 aliphatic heterocycles. The van der Waals surface area contributed by atoms with Gasteiger partial charge < -0.3 is 9.52 Å². The zero-order chi connectivity index (χ0) is 16.8. The molecule has 3 rings (SSSR count). The fraction of sp³-hybridized carbons (Fsp3) is 0.118. The van der Waals surface area contributed by atoms with E-state index in [4.69, 9.17) is 4.42 Å². The average molecular weight is 320 g/mol. The van der Waals surface area contributed by atoms with Crippen LogP contribution in [0.25, 0.3) is 22.1 Å². The van der Waals surface area contributed by atoms with Crippen LogP contribution in [0.4, 0.5) is 13.2 Å². The van der Waals surface area contributed by atoms with E-state index in [9.17, 15) is 23.1 Å². The predicted octanol–water partition coefficient (Wildman–Crippen LogP) is 4.49. The van der Waals surface area contributed by atoms with Gasteiger partial charge in [0.05, 0.1) is 11.1 Å². The lowest BCUT2D eigenvalue weighted by atomic mass is 9.98. The molecule has 0 aliphatic carbocycles. The fourth-order valence-electron chi connectivity index (χ4n) is 2.42. The molecule has 0 radical (unpaired) electrons. The summed E-state index contributed by atoms with van der Waals surface area (Å²) in [5, 5.41) is 9.80. The van der Waals surface area contributed by atoms with E-state index >= 15 is 0 Å². The van der Waals surface area contributed by atoms with Crippen LogP contribution in [0.15, 0.2) is 51.7 Å². The summed E-state index contributed by atoms with van der Waals surface area (Å²) in [7, 11) is 0. The maximum atomic E-state index is 13.2. The Labute approximate surface area is 128 Å². The number of halogens is 3. The Bertz CT molecular complexity index is 955. The highest BCUT2D eigenvalue weighted by Gasteiger charge is 2.34. The van der Waals surface area contributed by atoms with E-state index in [0.717, 1.165) is 6.07 Å². The molecule has 118 valence electrons. The Hall–Kier alpha value is -2.76. The number of aromatic hydroxyl groups is 1. The van der Waals surface area contributed by atoms with Crippen molar-refractivity contribution in [2.75, 3.05) is 0 Å². The minimum Gasteiger partial charge on any atom is -0.508 e. The largest absolute Gasteiger partial charge is 0.508 e. The number of hydrogen-bond acceptors (Lipinski definition) is 3. The molecule has 0 amide bonds. The first-order chi connectivity index (χ1) is 10.8. The van der Waals surface area contributed by atoms with E-state index in [-0.39, 0.29) is 22.5 Å². The summed E-state index contributed by atoms with van der Waals surface area (Å²) in [6.07, 6.45) is -4.59. The number of phenols is 1. The molecule has 0 bridgehead atoms. The van der Waals surface area contributed by atoms with Crippen LogP contribution in [0.5, 0.6) is 5.75 Å². The van der Waals surface area contributed by atoms with Crippen molar-refractivity contribution in [2.45, 2.75) is 13.1 Å². The molecule has 0 unspecified atom stereocenters. The molecular formula is C17H11F3O3. The quantitative estimate of drug-likeness (QED) is 0.672. The summed E-state index contributed by atoms with van der Waals surface area (Å²) < 4.78 is 44.8. The highest BCUT2D eigenvalue weighted by molar-refractivity contribution is 5.83. The van der Waals surface area contributed by atoms with Gasteiger partial charge in [0.1, 0.15) is 11.3 Å². The second-order valence-electron chi connectivity index (χ2n) is 5.22. The number of alkyl halides is 3. The molecule has 3 nitrogen and oxygen atoms in total. The standard InChI is InChI=1S/C17H11F3O3/c1-9-2-5-12(14(6-9)17(18,19)20)13-7-10-3-4-11(21)8-15(10)23-16(13)22/h2-8,21H,1H3. The van der Waals surface area contributed by atoms with Crippen LogP contribution in [-0.2, 0) is 6.18 Å². The summed E-state index contributed by atoms with van der Waals surface area (Å²) in [5.41, 5.74) is -1.63. The van der Waals surface area contributed by atoms with E-state index in [1.54, 1.807) is 6.92 Å². The van der Waals surface area contributed by atoms with Gasteiger partial charge in [-0.2, -0.15) is 13.2 Å². The van der Waals surface area contributed by atoms with Crippen molar-refractivity contribution in [3.63, 3.8) is 0 Å². The normalized spacial score (nSPS) is 11.8. The van der Waals surface area contributed by atoms with Crippen molar-refractivity contribution < 1.29 is 22.7 Å². The Morgan fingerprint density at radius 2 is 1.74 bits per heavy atom. The van der Waals surface area contributed by atoms with E-state index in [1.165, 1.54) is 36.4 Å². The van der Waals surface area contributed by atoms with E-state index in [1.807, 2.05) is 0 Å². The highest BCUT2D eigenvalue weighted by Crippen LogP contribution is 2.37. The second kappa shape index (κ2) is 5.15. The molecule has 1 aromatic heterocycles. The van der Waals surface area contributed by atoms with E-state index in [2.05, 4.69) is 0 Å². The lowest BCUT2D eigenvalue weighted by Crippen LogP contribution is -2.11. The molecule has 1 N–H and O–H groups in total. The smallest absolute Gasteiger partial charge is 0.417 e. The van der Waals surface area contributed by atoms with Crippen molar-refractivity contribution in [3.05, 3.63) is 64.0 Å². The molecule has 23 heavy (non-hydrogen) atoms. The first-order valence-corrected chi connectivity index (χ1v) is 6.71. The van der Waals surface area contributed by atoms with E-state index in [0.29, 0.717) is 10.9 Å². The monoisotopic (exact) mass is 320 g/mol. The fourth-order valence-corrected chi connectivity index (χ4v) is 2.42. The van der Waals surface area contributed by atoms with E-state index < -0.39 is 17.4 Å². The molecule has 0 saturated heterocycles. The maximum absolute atomic E-state index is 13.2. The first kappa shape index (κ1) is 15.1. The van der Waals surface area contributed by atoms with Crippen molar-refractivity contribution in [1.29, 1.82) is 0 Å². The third-order valence-electron chi connectivity index (χ3n) is 3.49. The highest BCUT2D eigenvalue weighted by atomic mass is 19.4. The minimum atomic E-state index is -4.59. The van der Waals surface area contributed by atoms with Gasteiger partial charge in [0.15, 0.2) is 0 Å². The number of hydrogen-bond donors (Lipinski definition) is 1. The topological polar surface area (TPSA) is 50.4 Å². The molecule has 3 aromatic rings. The zero-order valence-corrected chi connectivity index (χ0v) is 11.9. The van der Waals surface area contributed by atoms with Crippen LogP contribution in [-0.4, -0.2) is 5.11 Å². The SMILES string of the molecule is Cc1ccc(-c2cc3ccc(O)cc3oc2=O)c(C(F)(F)F)c1. The molecule has 0 saturated carbocycles. The van der Waals surface area contributed by atoms with Gasteiger partial charge in [-0.25, -0.2) is 4.79 Å². The third kappa shape index (κ3) is 2.79. The van der Waals surface area contributed by atoms with Crippen LogP contribution in [0.3, 0.4) is 0 Å². The summed E-state index contributed by atoms with van der Waals surface area (Å²) in [5.74, 6) is -0.0975. The number of phenolic OH excluding ortho intramolecular Hbond substituents is 1. The Kier molecular flexibility index (Phi) is 3.39. The summed E-state index contributed by atoms with van der Waals surface area (Å²) >= 11 is 0. The summed E-state index contributed by atoms with van der Waals surface area (Å²) in [6, 6.07) is 9.17. The van der Waals surface area contributed by atoms with Crippen molar-refractivity contribution in [3.8, 4) is 16.9 Å². The first-order valence-electron chi connectivity index (χ1n) is 6.71. The lowest BCUT2D eigenvalue weighted by Gasteiger charge is -2.13.